The van der Waals surface area contributed by atoms with Gasteiger partial charge < -0.3 is 4.79 Å². The van der Waals surface area contributed by atoms with Crippen LogP contribution in [-0.2, 0) is 9.59 Å². The molecule has 2 nitrogen and oxygen atoms in total. The van der Waals surface area contributed by atoms with E-state index >= 15 is 0 Å². The first-order chi connectivity index (χ1) is 6.48. The van der Waals surface area contributed by atoms with Crippen LogP contribution in [0.25, 0.3) is 0 Å². The number of carbonyl (C=O) groups excluding carboxylic acids is 2. The fourth-order valence-corrected chi connectivity index (χ4v) is 3.39. The van der Waals surface area contributed by atoms with Gasteiger partial charge in [0.15, 0.2) is 0 Å². The van der Waals surface area contributed by atoms with Crippen molar-refractivity contribution in [2.75, 3.05) is 0 Å². The summed E-state index contributed by atoms with van der Waals surface area (Å²) >= 11 is 0. The summed E-state index contributed by atoms with van der Waals surface area (Å²) in [6, 6.07) is 0. The van der Waals surface area contributed by atoms with Gasteiger partial charge in [-0.05, 0) is 18.8 Å². The summed E-state index contributed by atoms with van der Waals surface area (Å²) in [5.74, 6) is 0.431. The van der Waals surface area contributed by atoms with Gasteiger partial charge in [0.05, 0.1) is 5.41 Å². The first-order valence-electron chi connectivity index (χ1n) is 5.13. The summed E-state index contributed by atoms with van der Waals surface area (Å²) in [6.07, 6.45) is 4.23. The first kappa shape index (κ1) is 9.63. The molecule has 0 aromatic heterocycles. The van der Waals surface area contributed by atoms with E-state index in [2.05, 4.69) is 19.9 Å². The second kappa shape index (κ2) is 2.56. The molecular weight excluding hydrogens is 176 g/mol. The molecule has 2 bridgehead atoms. The molecule has 0 aromatic carbocycles. The molecule has 0 spiro atoms. The lowest BCUT2D eigenvalue weighted by Crippen LogP contribution is -2.66. The Morgan fingerprint density at radius 1 is 1.57 bits per heavy atom. The third-order valence-electron chi connectivity index (χ3n) is 4.43. The van der Waals surface area contributed by atoms with Crippen LogP contribution in [0.2, 0.25) is 0 Å². The molecule has 0 unspecified atom stereocenters. The van der Waals surface area contributed by atoms with Crippen molar-refractivity contribution in [2.45, 2.75) is 33.6 Å². The number of aldehydes is 1. The largest absolute Gasteiger partial charge is 0.303 e. The molecule has 1 saturated carbocycles. The zero-order valence-electron chi connectivity index (χ0n) is 8.96. The molecule has 1 fully saturated rings. The maximum atomic E-state index is 12.0. The molecule has 0 N–H and O–H groups in total. The number of ketones is 1. The topological polar surface area (TPSA) is 34.1 Å². The third kappa shape index (κ3) is 0.737. The fourth-order valence-electron chi connectivity index (χ4n) is 3.39. The number of rotatable bonds is 2. The number of allylic oxidation sites excluding steroid dienone is 2. The summed E-state index contributed by atoms with van der Waals surface area (Å²) in [7, 11) is 0. The standard InChI is InChI=1S/C12H16O2/c1-8-4-5-9-10(14)12(8,6-7-13)11(9,2)3/h4,7,9H,5-6H2,1-3H3/t9-,12+/m0/s1. The SMILES string of the molecule is CC1=CC[C@H]2C(=O)[C@]1(CC=O)C2(C)C. The summed E-state index contributed by atoms with van der Waals surface area (Å²) in [6.45, 7) is 6.21. The van der Waals surface area contributed by atoms with E-state index < -0.39 is 5.41 Å². The van der Waals surface area contributed by atoms with Crippen molar-refractivity contribution in [3.05, 3.63) is 11.6 Å². The maximum Gasteiger partial charge on any atom is 0.148 e. The highest BCUT2D eigenvalue weighted by molar-refractivity contribution is 6.00. The molecule has 76 valence electrons. The van der Waals surface area contributed by atoms with Crippen molar-refractivity contribution < 1.29 is 9.59 Å². The van der Waals surface area contributed by atoms with Crippen LogP contribution in [0.15, 0.2) is 11.6 Å². The van der Waals surface area contributed by atoms with Crippen molar-refractivity contribution in [3.8, 4) is 0 Å². The highest BCUT2D eigenvalue weighted by atomic mass is 16.1. The summed E-state index contributed by atoms with van der Waals surface area (Å²) < 4.78 is 0. The summed E-state index contributed by atoms with van der Waals surface area (Å²) in [4.78, 5) is 22.7. The predicted octanol–water partition coefficient (Wildman–Crippen LogP) is 2.14. The third-order valence-corrected chi connectivity index (χ3v) is 4.43. The van der Waals surface area contributed by atoms with Crippen LogP contribution in [0, 0.1) is 16.7 Å². The molecule has 3 aliphatic rings. The lowest BCUT2D eigenvalue weighted by molar-refractivity contribution is -0.170. The second-order valence-electron chi connectivity index (χ2n) is 5.04. The minimum atomic E-state index is -0.461. The van der Waals surface area contributed by atoms with Crippen LogP contribution in [0.5, 0.6) is 0 Å². The normalized spacial score (nSPS) is 38.6. The van der Waals surface area contributed by atoms with E-state index in [4.69, 9.17) is 0 Å². The van der Waals surface area contributed by atoms with Crippen LogP contribution in [0.1, 0.15) is 33.6 Å². The van der Waals surface area contributed by atoms with Crippen molar-refractivity contribution in [1.82, 2.24) is 0 Å². The van der Waals surface area contributed by atoms with Crippen LogP contribution in [0.4, 0.5) is 0 Å². The second-order valence-corrected chi connectivity index (χ2v) is 5.04. The lowest BCUT2D eigenvalue weighted by Gasteiger charge is -2.62. The van der Waals surface area contributed by atoms with Gasteiger partial charge in [0.25, 0.3) is 0 Å². The molecule has 3 rings (SSSR count). The smallest absolute Gasteiger partial charge is 0.148 e. The average molecular weight is 192 g/mol. The quantitative estimate of drug-likeness (QED) is 0.496. The van der Waals surface area contributed by atoms with Gasteiger partial charge in [-0.1, -0.05) is 25.5 Å². The number of fused-ring (bicyclic) bond motifs is 1. The van der Waals surface area contributed by atoms with Gasteiger partial charge in [0.1, 0.15) is 12.1 Å². The summed E-state index contributed by atoms with van der Waals surface area (Å²) in [5.41, 5.74) is 0.615. The van der Waals surface area contributed by atoms with Gasteiger partial charge in [-0.3, -0.25) is 4.79 Å². The molecule has 0 aliphatic heterocycles. The molecule has 0 aromatic rings. The van der Waals surface area contributed by atoms with E-state index in [1.165, 1.54) is 0 Å². The van der Waals surface area contributed by atoms with E-state index in [1.54, 1.807) is 0 Å². The highest BCUT2D eigenvalue weighted by Crippen LogP contribution is 2.66. The minimum Gasteiger partial charge on any atom is -0.303 e. The van der Waals surface area contributed by atoms with E-state index in [1.807, 2.05) is 6.92 Å². The van der Waals surface area contributed by atoms with Crippen LogP contribution >= 0.6 is 0 Å². The van der Waals surface area contributed by atoms with Crippen molar-refractivity contribution in [2.24, 2.45) is 16.7 Å². The zero-order chi connectivity index (χ0) is 10.6. The van der Waals surface area contributed by atoms with Gasteiger partial charge >= 0.3 is 0 Å². The molecule has 0 saturated heterocycles. The maximum absolute atomic E-state index is 12.0. The van der Waals surface area contributed by atoms with Gasteiger partial charge in [-0.2, -0.15) is 0 Å². The number of carbonyl (C=O) groups is 2. The Kier molecular flexibility index (Phi) is 1.76. The lowest BCUT2D eigenvalue weighted by atomic mass is 9.38. The van der Waals surface area contributed by atoms with Gasteiger partial charge in [0.2, 0.25) is 0 Å². The minimum absolute atomic E-state index is 0.0240. The molecule has 14 heavy (non-hydrogen) atoms. The molecule has 2 atom stereocenters. The van der Waals surface area contributed by atoms with Crippen molar-refractivity contribution in [3.63, 3.8) is 0 Å². The van der Waals surface area contributed by atoms with Crippen LogP contribution < -0.4 is 0 Å². The molecule has 2 heteroatoms. The van der Waals surface area contributed by atoms with E-state index in [-0.39, 0.29) is 17.1 Å². The molecular formula is C12H16O2. The first-order valence-corrected chi connectivity index (χ1v) is 5.13. The average Bonchev–Trinajstić information content (AvgIpc) is 2.11. The Balaban J connectivity index is 2.52. The van der Waals surface area contributed by atoms with Crippen LogP contribution in [0.3, 0.4) is 0 Å². The van der Waals surface area contributed by atoms with E-state index in [9.17, 15) is 9.59 Å². The van der Waals surface area contributed by atoms with Crippen LogP contribution in [-0.4, -0.2) is 12.1 Å². The number of Topliss-reactive ketones (excluding diaryl/α,β-unsaturated/α-hetero) is 1. The predicted molar refractivity (Wildman–Crippen MR) is 53.8 cm³/mol. The zero-order valence-corrected chi connectivity index (χ0v) is 8.96. The monoisotopic (exact) mass is 192 g/mol. The van der Waals surface area contributed by atoms with Crippen molar-refractivity contribution in [1.29, 1.82) is 0 Å². The number of hydrogen-bond donors (Lipinski definition) is 0. The molecule has 0 radical (unpaired) electrons. The molecule has 3 aliphatic carbocycles. The Bertz CT molecular complexity index is 338. The van der Waals surface area contributed by atoms with Gasteiger partial charge in [-0.25, -0.2) is 0 Å². The van der Waals surface area contributed by atoms with E-state index in [0.29, 0.717) is 6.42 Å². The number of hydrogen-bond acceptors (Lipinski definition) is 2. The van der Waals surface area contributed by atoms with E-state index in [0.717, 1.165) is 18.3 Å². The Hall–Kier alpha value is -0.920. The fraction of sp³-hybridized carbons (Fsp3) is 0.667. The summed E-state index contributed by atoms with van der Waals surface area (Å²) in [5, 5.41) is 0. The Morgan fingerprint density at radius 2 is 2.21 bits per heavy atom. The van der Waals surface area contributed by atoms with Gasteiger partial charge in [0, 0.05) is 12.3 Å². The van der Waals surface area contributed by atoms with Crippen molar-refractivity contribution >= 4 is 12.1 Å². The Labute approximate surface area is 84.4 Å². The highest BCUT2D eigenvalue weighted by Gasteiger charge is 2.68. The Morgan fingerprint density at radius 3 is 2.64 bits per heavy atom. The molecule has 0 amide bonds. The molecule has 0 heterocycles. The van der Waals surface area contributed by atoms with Gasteiger partial charge in [-0.15, -0.1) is 0 Å².